The third-order valence-electron chi connectivity index (χ3n) is 2.66. The second-order valence-corrected chi connectivity index (χ2v) is 4.09. The van der Waals surface area contributed by atoms with E-state index >= 15 is 0 Å². The molecule has 1 aromatic rings. The number of hydrogen-bond acceptors (Lipinski definition) is 2. The van der Waals surface area contributed by atoms with E-state index in [4.69, 9.17) is 4.42 Å². The number of furan rings is 1. The summed E-state index contributed by atoms with van der Waals surface area (Å²) >= 11 is 0. The van der Waals surface area contributed by atoms with E-state index in [0.717, 1.165) is 24.0 Å². The molecule has 0 saturated carbocycles. The van der Waals surface area contributed by atoms with E-state index in [1.165, 1.54) is 6.42 Å². The zero-order valence-corrected chi connectivity index (χ0v) is 9.63. The molecule has 1 aromatic heterocycles. The Hall–Kier alpha value is -0.760. The van der Waals surface area contributed by atoms with Gasteiger partial charge in [0.25, 0.3) is 0 Å². The minimum absolute atomic E-state index is 0.317. The molecule has 2 atom stereocenters. The summed E-state index contributed by atoms with van der Waals surface area (Å²) in [5.74, 6) is 2.75. The maximum atomic E-state index is 5.55. The summed E-state index contributed by atoms with van der Waals surface area (Å²) in [7, 11) is 0. The molecule has 1 heterocycles. The molecule has 2 unspecified atom stereocenters. The molecular formula is C12H21NO. The van der Waals surface area contributed by atoms with Crippen LogP contribution in [0.4, 0.5) is 0 Å². The minimum Gasteiger partial charge on any atom is -0.465 e. The molecule has 0 spiro atoms. The standard InChI is InChI=1S/C12H21NO/c1-5-9(2)8-13-11(4)12-7-6-10(3)14-12/h6-7,9,11,13H,5,8H2,1-4H3. The quantitative estimate of drug-likeness (QED) is 0.780. The molecule has 0 amide bonds. The van der Waals surface area contributed by atoms with Gasteiger partial charge in [0.15, 0.2) is 0 Å². The van der Waals surface area contributed by atoms with Gasteiger partial charge < -0.3 is 9.73 Å². The average Bonchev–Trinajstić information content (AvgIpc) is 2.60. The van der Waals surface area contributed by atoms with Crippen molar-refractivity contribution < 1.29 is 4.42 Å². The zero-order valence-electron chi connectivity index (χ0n) is 9.63. The highest BCUT2D eigenvalue weighted by molar-refractivity contribution is 5.08. The van der Waals surface area contributed by atoms with Crippen molar-refractivity contribution in [2.45, 2.75) is 40.2 Å². The maximum Gasteiger partial charge on any atom is 0.120 e. The molecule has 0 aliphatic carbocycles. The van der Waals surface area contributed by atoms with Crippen LogP contribution >= 0.6 is 0 Å². The predicted molar refractivity (Wildman–Crippen MR) is 59.3 cm³/mol. The minimum atomic E-state index is 0.317. The fourth-order valence-electron chi connectivity index (χ4n) is 1.31. The average molecular weight is 195 g/mol. The van der Waals surface area contributed by atoms with Crippen molar-refractivity contribution in [1.82, 2.24) is 5.32 Å². The van der Waals surface area contributed by atoms with Crippen LogP contribution in [0.25, 0.3) is 0 Å². The summed E-state index contributed by atoms with van der Waals surface area (Å²) in [4.78, 5) is 0. The third kappa shape index (κ3) is 3.18. The molecule has 80 valence electrons. The maximum absolute atomic E-state index is 5.55. The summed E-state index contributed by atoms with van der Waals surface area (Å²) in [5, 5.41) is 3.47. The molecular weight excluding hydrogens is 174 g/mol. The van der Waals surface area contributed by atoms with E-state index in [1.807, 2.05) is 19.1 Å². The molecule has 2 nitrogen and oxygen atoms in total. The van der Waals surface area contributed by atoms with Crippen molar-refractivity contribution in [1.29, 1.82) is 0 Å². The predicted octanol–water partition coefficient (Wildman–Crippen LogP) is 3.28. The van der Waals surface area contributed by atoms with E-state index in [9.17, 15) is 0 Å². The lowest BCUT2D eigenvalue weighted by molar-refractivity contribution is 0.391. The highest BCUT2D eigenvalue weighted by Crippen LogP contribution is 2.15. The molecule has 0 bridgehead atoms. The normalized spacial score (nSPS) is 15.4. The summed E-state index contributed by atoms with van der Waals surface area (Å²) in [5.41, 5.74) is 0. The molecule has 0 aromatic carbocycles. The van der Waals surface area contributed by atoms with Crippen molar-refractivity contribution in [3.8, 4) is 0 Å². The van der Waals surface area contributed by atoms with Crippen LogP contribution in [-0.2, 0) is 0 Å². The zero-order chi connectivity index (χ0) is 10.6. The number of nitrogens with one attached hydrogen (secondary N) is 1. The summed E-state index contributed by atoms with van der Waals surface area (Å²) in [6.45, 7) is 9.64. The molecule has 14 heavy (non-hydrogen) atoms. The fourth-order valence-corrected chi connectivity index (χ4v) is 1.31. The van der Waals surface area contributed by atoms with E-state index in [1.54, 1.807) is 0 Å². The Morgan fingerprint density at radius 1 is 1.36 bits per heavy atom. The molecule has 0 aliphatic heterocycles. The molecule has 1 rings (SSSR count). The van der Waals surface area contributed by atoms with Crippen LogP contribution in [0, 0.1) is 12.8 Å². The van der Waals surface area contributed by atoms with Crippen molar-refractivity contribution >= 4 is 0 Å². The van der Waals surface area contributed by atoms with Gasteiger partial charge >= 0.3 is 0 Å². The van der Waals surface area contributed by atoms with E-state index < -0.39 is 0 Å². The Labute approximate surface area is 86.7 Å². The SMILES string of the molecule is CCC(C)CNC(C)c1ccc(C)o1. The van der Waals surface area contributed by atoms with Crippen LogP contribution in [-0.4, -0.2) is 6.54 Å². The Kier molecular flexibility index (Phi) is 4.21. The van der Waals surface area contributed by atoms with E-state index in [-0.39, 0.29) is 0 Å². The highest BCUT2D eigenvalue weighted by Gasteiger charge is 2.09. The first kappa shape index (κ1) is 11.3. The summed E-state index contributed by atoms with van der Waals surface area (Å²) in [6, 6.07) is 4.37. The number of rotatable bonds is 5. The van der Waals surface area contributed by atoms with Crippen molar-refractivity contribution in [2.75, 3.05) is 6.54 Å². The van der Waals surface area contributed by atoms with Crippen molar-refractivity contribution in [3.63, 3.8) is 0 Å². The monoisotopic (exact) mass is 195 g/mol. The van der Waals surface area contributed by atoms with Gasteiger partial charge in [-0.2, -0.15) is 0 Å². The van der Waals surface area contributed by atoms with Gasteiger partial charge in [-0.05, 0) is 38.4 Å². The first-order valence-electron chi connectivity index (χ1n) is 5.43. The number of aryl methyl sites for hydroxylation is 1. The van der Waals surface area contributed by atoms with Gasteiger partial charge in [0, 0.05) is 0 Å². The van der Waals surface area contributed by atoms with E-state index in [0.29, 0.717) is 6.04 Å². The van der Waals surface area contributed by atoms with Crippen LogP contribution in [0.2, 0.25) is 0 Å². The molecule has 0 aliphatic rings. The molecule has 0 fully saturated rings. The largest absolute Gasteiger partial charge is 0.465 e. The lowest BCUT2D eigenvalue weighted by Gasteiger charge is -2.14. The summed E-state index contributed by atoms with van der Waals surface area (Å²) in [6.07, 6.45) is 1.22. The first-order chi connectivity index (χ1) is 6.63. The Balaban J connectivity index is 2.39. The van der Waals surface area contributed by atoms with Crippen molar-refractivity contribution in [2.24, 2.45) is 5.92 Å². The van der Waals surface area contributed by atoms with Gasteiger partial charge in [-0.3, -0.25) is 0 Å². The third-order valence-corrected chi connectivity index (χ3v) is 2.66. The van der Waals surface area contributed by atoms with Gasteiger partial charge in [0.1, 0.15) is 11.5 Å². The lowest BCUT2D eigenvalue weighted by atomic mass is 10.1. The van der Waals surface area contributed by atoms with Crippen LogP contribution < -0.4 is 5.32 Å². The second-order valence-electron chi connectivity index (χ2n) is 4.09. The van der Waals surface area contributed by atoms with Crippen LogP contribution in [0.15, 0.2) is 16.5 Å². The Morgan fingerprint density at radius 2 is 2.07 bits per heavy atom. The Morgan fingerprint density at radius 3 is 2.57 bits per heavy atom. The number of hydrogen-bond donors (Lipinski definition) is 1. The van der Waals surface area contributed by atoms with Gasteiger partial charge in [0.05, 0.1) is 6.04 Å². The van der Waals surface area contributed by atoms with Gasteiger partial charge in [0.2, 0.25) is 0 Å². The van der Waals surface area contributed by atoms with Crippen LogP contribution in [0.5, 0.6) is 0 Å². The fraction of sp³-hybridized carbons (Fsp3) is 0.667. The van der Waals surface area contributed by atoms with Crippen molar-refractivity contribution in [3.05, 3.63) is 23.7 Å². The highest BCUT2D eigenvalue weighted by atomic mass is 16.3. The molecule has 0 radical (unpaired) electrons. The lowest BCUT2D eigenvalue weighted by Crippen LogP contribution is -2.23. The van der Waals surface area contributed by atoms with Crippen LogP contribution in [0.1, 0.15) is 44.8 Å². The van der Waals surface area contributed by atoms with Gasteiger partial charge in [-0.1, -0.05) is 20.3 Å². The molecule has 2 heteroatoms. The smallest absolute Gasteiger partial charge is 0.120 e. The summed E-state index contributed by atoms with van der Waals surface area (Å²) < 4.78 is 5.55. The van der Waals surface area contributed by atoms with Gasteiger partial charge in [-0.15, -0.1) is 0 Å². The molecule has 0 saturated heterocycles. The van der Waals surface area contributed by atoms with Gasteiger partial charge in [-0.25, -0.2) is 0 Å². The second kappa shape index (κ2) is 5.20. The first-order valence-corrected chi connectivity index (χ1v) is 5.43. The topological polar surface area (TPSA) is 25.2 Å². The van der Waals surface area contributed by atoms with Crippen LogP contribution in [0.3, 0.4) is 0 Å². The van der Waals surface area contributed by atoms with E-state index in [2.05, 4.69) is 26.1 Å². The molecule has 1 N–H and O–H groups in total. The Bertz CT molecular complexity index is 267.